The summed E-state index contributed by atoms with van der Waals surface area (Å²) in [6.45, 7) is 0. The standard InChI is InChI=1S/C14H10N2/c1-2-5-11(6-3-1)13-14-12(8-10-16-13)7-4-9-15-14/h1-10H. The highest BCUT2D eigenvalue weighted by atomic mass is 14.7. The van der Waals surface area contributed by atoms with Crippen LogP contribution in [0.5, 0.6) is 0 Å². The Hall–Kier alpha value is -2.22. The number of hydrogen-bond acceptors (Lipinski definition) is 2. The number of aromatic nitrogens is 2. The third-order valence-corrected chi connectivity index (χ3v) is 2.57. The number of fused-ring (bicyclic) bond motifs is 1. The largest absolute Gasteiger partial charge is 0.254 e. The third kappa shape index (κ3) is 1.44. The molecule has 3 aromatic rings. The van der Waals surface area contributed by atoms with Crippen LogP contribution in [0.1, 0.15) is 0 Å². The molecule has 0 aliphatic carbocycles. The summed E-state index contributed by atoms with van der Waals surface area (Å²) in [4.78, 5) is 8.81. The summed E-state index contributed by atoms with van der Waals surface area (Å²) in [7, 11) is 0. The van der Waals surface area contributed by atoms with E-state index >= 15 is 0 Å². The molecule has 0 N–H and O–H groups in total. The Morgan fingerprint density at radius 3 is 2.44 bits per heavy atom. The molecule has 0 aliphatic rings. The molecule has 0 saturated heterocycles. The first-order valence-corrected chi connectivity index (χ1v) is 5.20. The lowest BCUT2D eigenvalue weighted by Crippen LogP contribution is -1.87. The molecule has 2 heteroatoms. The minimum absolute atomic E-state index is 0.943. The first-order chi connectivity index (χ1) is 7.95. The van der Waals surface area contributed by atoms with Gasteiger partial charge in [-0.2, -0.15) is 0 Å². The SMILES string of the molecule is c1ccc(-c2nccc3cccnc23)cc1. The molecule has 16 heavy (non-hydrogen) atoms. The van der Waals surface area contributed by atoms with Crippen molar-refractivity contribution in [3.8, 4) is 11.3 Å². The lowest BCUT2D eigenvalue weighted by Gasteiger charge is -2.03. The summed E-state index contributed by atoms with van der Waals surface area (Å²) in [6.07, 6.45) is 3.63. The van der Waals surface area contributed by atoms with E-state index in [0.717, 1.165) is 22.2 Å². The van der Waals surface area contributed by atoms with Crippen molar-refractivity contribution in [3.05, 3.63) is 60.9 Å². The average Bonchev–Trinajstić information content (AvgIpc) is 2.39. The van der Waals surface area contributed by atoms with Gasteiger partial charge in [0.05, 0.1) is 11.2 Å². The van der Waals surface area contributed by atoms with Crippen LogP contribution >= 0.6 is 0 Å². The topological polar surface area (TPSA) is 25.8 Å². The molecular weight excluding hydrogens is 196 g/mol. The summed E-state index contributed by atoms with van der Waals surface area (Å²) in [5.74, 6) is 0. The van der Waals surface area contributed by atoms with Crippen LogP contribution in [0.25, 0.3) is 22.2 Å². The van der Waals surface area contributed by atoms with Crippen LogP contribution in [0.3, 0.4) is 0 Å². The molecule has 0 bridgehead atoms. The fourth-order valence-corrected chi connectivity index (χ4v) is 1.81. The van der Waals surface area contributed by atoms with Crippen LogP contribution in [0.4, 0.5) is 0 Å². The van der Waals surface area contributed by atoms with Crippen molar-refractivity contribution >= 4 is 10.9 Å². The Morgan fingerprint density at radius 2 is 1.56 bits per heavy atom. The van der Waals surface area contributed by atoms with E-state index in [9.17, 15) is 0 Å². The first-order valence-electron chi connectivity index (χ1n) is 5.20. The zero-order valence-corrected chi connectivity index (χ0v) is 8.67. The third-order valence-electron chi connectivity index (χ3n) is 2.57. The highest BCUT2D eigenvalue weighted by molar-refractivity contribution is 5.90. The quantitative estimate of drug-likeness (QED) is 0.610. The molecule has 0 fully saturated rings. The van der Waals surface area contributed by atoms with E-state index in [1.165, 1.54) is 0 Å². The van der Waals surface area contributed by atoms with Gasteiger partial charge in [0.25, 0.3) is 0 Å². The van der Waals surface area contributed by atoms with Gasteiger partial charge in [-0.3, -0.25) is 9.97 Å². The molecule has 3 rings (SSSR count). The number of pyridine rings is 2. The van der Waals surface area contributed by atoms with E-state index in [0.29, 0.717) is 0 Å². The number of rotatable bonds is 1. The predicted molar refractivity (Wildman–Crippen MR) is 65.0 cm³/mol. The molecule has 2 heterocycles. The molecule has 2 aromatic heterocycles. The maximum atomic E-state index is 4.41. The first kappa shape index (κ1) is 9.04. The molecule has 76 valence electrons. The van der Waals surface area contributed by atoms with Crippen molar-refractivity contribution in [1.82, 2.24) is 9.97 Å². The molecule has 0 atom stereocenters. The van der Waals surface area contributed by atoms with Gasteiger partial charge < -0.3 is 0 Å². The van der Waals surface area contributed by atoms with Gasteiger partial charge in [0.1, 0.15) is 0 Å². The second-order valence-corrected chi connectivity index (χ2v) is 3.60. The second kappa shape index (κ2) is 3.74. The summed E-state index contributed by atoms with van der Waals surface area (Å²) in [5, 5.41) is 1.12. The van der Waals surface area contributed by atoms with E-state index in [-0.39, 0.29) is 0 Å². The summed E-state index contributed by atoms with van der Waals surface area (Å²) in [6, 6.07) is 16.1. The fraction of sp³-hybridized carbons (Fsp3) is 0. The molecule has 0 unspecified atom stereocenters. The van der Waals surface area contributed by atoms with Crippen molar-refractivity contribution in [3.63, 3.8) is 0 Å². The molecule has 2 nitrogen and oxygen atoms in total. The van der Waals surface area contributed by atoms with Gasteiger partial charge in [0.2, 0.25) is 0 Å². The molecule has 0 radical (unpaired) electrons. The van der Waals surface area contributed by atoms with Gasteiger partial charge in [0, 0.05) is 23.3 Å². The van der Waals surface area contributed by atoms with Gasteiger partial charge in [-0.25, -0.2) is 0 Å². The van der Waals surface area contributed by atoms with Crippen LogP contribution in [0.2, 0.25) is 0 Å². The number of nitrogens with zero attached hydrogens (tertiary/aromatic N) is 2. The minimum atomic E-state index is 0.943. The smallest absolute Gasteiger partial charge is 0.0965 e. The normalized spacial score (nSPS) is 10.5. The lowest BCUT2D eigenvalue weighted by atomic mass is 10.1. The van der Waals surface area contributed by atoms with Crippen molar-refractivity contribution in [2.24, 2.45) is 0 Å². The van der Waals surface area contributed by atoms with Crippen LogP contribution in [0, 0.1) is 0 Å². The predicted octanol–water partition coefficient (Wildman–Crippen LogP) is 3.30. The molecule has 0 aliphatic heterocycles. The second-order valence-electron chi connectivity index (χ2n) is 3.60. The van der Waals surface area contributed by atoms with Crippen molar-refractivity contribution in [2.75, 3.05) is 0 Å². The van der Waals surface area contributed by atoms with E-state index in [2.05, 4.69) is 28.2 Å². The summed E-state index contributed by atoms with van der Waals surface area (Å²) < 4.78 is 0. The van der Waals surface area contributed by atoms with Gasteiger partial charge >= 0.3 is 0 Å². The van der Waals surface area contributed by atoms with Crippen LogP contribution in [0.15, 0.2) is 60.9 Å². The fourth-order valence-electron chi connectivity index (χ4n) is 1.81. The van der Waals surface area contributed by atoms with E-state index in [4.69, 9.17) is 0 Å². The van der Waals surface area contributed by atoms with Crippen molar-refractivity contribution in [1.29, 1.82) is 0 Å². The zero-order valence-electron chi connectivity index (χ0n) is 8.67. The van der Waals surface area contributed by atoms with Gasteiger partial charge in [-0.15, -0.1) is 0 Å². The summed E-state index contributed by atoms with van der Waals surface area (Å²) >= 11 is 0. The number of hydrogen-bond donors (Lipinski definition) is 0. The Bertz CT molecular complexity index is 612. The van der Waals surface area contributed by atoms with Crippen molar-refractivity contribution in [2.45, 2.75) is 0 Å². The lowest BCUT2D eigenvalue weighted by molar-refractivity contribution is 1.31. The van der Waals surface area contributed by atoms with E-state index in [1.807, 2.05) is 36.5 Å². The van der Waals surface area contributed by atoms with Gasteiger partial charge in [-0.1, -0.05) is 36.4 Å². The molecule has 1 aromatic carbocycles. The maximum Gasteiger partial charge on any atom is 0.0965 e. The molecule has 0 amide bonds. The number of benzene rings is 1. The van der Waals surface area contributed by atoms with Crippen LogP contribution in [-0.2, 0) is 0 Å². The summed E-state index contributed by atoms with van der Waals surface area (Å²) in [5.41, 5.74) is 3.00. The van der Waals surface area contributed by atoms with E-state index < -0.39 is 0 Å². The minimum Gasteiger partial charge on any atom is -0.254 e. The Kier molecular flexibility index (Phi) is 2.11. The van der Waals surface area contributed by atoms with E-state index in [1.54, 1.807) is 6.20 Å². The molecular formula is C14H10N2. The Morgan fingerprint density at radius 1 is 0.688 bits per heavy atom. The Balaban J connectivity index is 2.32. The van der Waals surface area contributed by atoms with Crippen LogP contribution < -0.4 is 0 Å². The van der Waals surface area contributed by atoms with Crippen LogP contribution in [-0.4, -0.2) is 9.97 Å². The van der Waals surface area contributed by atoms with Crippen molar-refractivity contribution < 1.29 is 0 Å². The molecule has 0 spiro atoms. The highest BCUT2D eigenvalue weighted by Crippen LogP contribution is 2.23. The zero-order chi connectivity index (χ0) is 10.8. The highest BCUT2D eigenvalue weighted by Gasteiger charge is 2.04. The average molecular weight is 206 g/mol. The monoisotopic (exact) mass is 206 g/mol. The molecule has 0 saturated carbocycles. The van der Waals surface area contributed by atoms with Gasteiger partial charge in [-0.05, 0) is 12.1 Å². The maximum absolute atomic E-state index is 4.41. The Labute approximate surface area is 93.6 Å². The van der Waals surface area contributed by atoms with Gasteiger partial charge in [0.15, 0.2) is 0 Å².